The Labute approximate surface area is 183 Å². The molecule has 1 fully saturated rings. The van der Waals surface area contributed by atoms with Crippen molar-refractivity contribution in [3.05, 3.63) is 65.2 Å². The predicted octanol–water partition coefficient (Wildman–Crippen LogP) is 0.896. The lowest BCUT2D eigenvalue weighted by molar-refractivity contribution is -0.909. The summed E-state index contributed by atoms with van der Waals surface area (Å²) in [7, 11) is 0. The zero-order valence-electron chi connectivity index (χ0n) is 18.3. The zero-order chi connectivity index (χ0) is 22.1. The number of hydrogen-bond acceptors (Lipinski definition) is 4. The van der Waals surface area contributed by atoms with Crippen LogP contribution in [-0.4, -0.2) is 57.8 Å². The second-order valence-electron chi connectivity index (χ2n) is 7.74. The first-order valence-electron chi connectivity index (χ1n) is 10.8. The van der Waals surface area contributed by atoms with Crippen LogP contribution in [-0.2, 0) is 9.53 Å². The number of carbonyl (C=O) groups excluding carboxylic acids is 2. The van der Waals surface area contributed by atoms with Crippen molar-refractivity contribution in [1.29, 1.82) is 0 Å². The Hall–Kier alpha value is -2.90. The third-order valence-corrected chi connectivity index (χ3v) is 5.34. The average molecular weight is 427 g/mol. The van der Waals surface area contributed by atoms with Gasteiger partial charge in [-0.05, 0) is 43.7 Å². The Morgan fingerprint density at radius 3 is 2.39 bits per heavy atom. The lowest BCUT2D eigenvalue weighted by atomic mass is 10.0. The first-order valence-corrected chi connectivity index (χ1v) is 10.8. The molecule has 1 aliphatic heterocycles. The Kier molecular flexibility index (Phi) is 8.44. The standard InChI is InChI=1S/C24H31N3O4/c1-3-31-21-10-8-20(9-11-21)24(29)25-16-23(28)26-22(17-27-12-14-30-15-13-27)19-6-4-18(2)5-7-19/h4-11,22H,3,12-17H2,1-2H3,(H,25,29)(H,26,28)/p+1/t22-/m1/s1. The minimum Gasteiger partial charge on any atom is -0.494 e. The first-order chi connectivity index (χ1) is 15.0. The lowest BCUT2D eigenvalue weighted by Gasteiger charge is -2.28. The smallest absolute Gasteiger partial charge is 0.251 e. The molecular weight excluding hydrogens is 394 g/mol. The third-order valence-electron chi connectivity index (χ3n) is 5.34. The largest absolute Gasteiger partial charge is 0.494 e. The molecule has 0 saturated carbocycles. The molecule has 31 heavy (non-hydrogen) atoms. The highest BCUT2D eigenvalue weighted by molar-refractivity contribution is 5.96. The summed E-state index contributed by atoms with van der Waals surface area (Å²) in [6.07, 6.45) is 0. The van der Waals surface area contributed by atoms with Gasteiger partial charge >= 0.3 is 0 Å². The van der Waals surface area contributed by atoms with Crippen LogP contribution in [0.2, 0.25) is 0 Å². The Morgan fingerprint density at radius 1 is 1.06 bits per heavy atom. The van der Waals surface area contributed by atoms with E-state index >= 15 is 0 Å². The molecule has 166 valence electrons. The SMILES string of the molecule is CCOc1ccc(C(=O)NCC(=O)N[C@H](C[NH+]2CCOCC2)c2ccc(C)cc2)cc1. The van der Waals surface area contributed by atoms with Crippen LogP contribution < -0.4 is 20.3 Å². The van der Waals surface area contributed by atoms with E-state index in [9.17, 15) is 9.59 Å². The maximum atomic E-state index is 12.6. The summed E-state index contributed by atoms with van der Waals surface area (Å²) in [5.41, 5.74) is 2.73. The highest BCUT2D eigenvalue weighted by atomic mass is 16.5. The van der Waals surface area contributed by atoms with Crippen LogP contribution in [0, 0.1) is 6.92 Å². The van der Waals surface area contributed by atoms with Gasteiger partial charge in [-0.15, -0.1) is 0 Å². The molecule has 1 atom stereocenters. The molecule has 3 N–H and O–H groups in total. The molecule has 1 saturated heterocycles. The molecule has 0 aliphatic carbocycles. The molecule has 0 radical (unpaired) electrons. The number of morpholine rings is 1. The van der Waals surface area contributed by atoms with E-state index in [-0.39, 0.29) is 24.4 Å². The number of quaternary nitrogens is 1. The highest BCUT2D eigenvalue weighted by Gasteiger charge is 2.23. The van der Waals surface area contributed by atoms with Crippen LogP contribution in [0.1, 0.15) is 34.5 Å². The van der Waals surface area contributed by atoms with Gasteiger partial charge in [0.1, 0.15) is 31.4 Å². The van der Waals surface area contributed by atoms with Gasteiger partial charge in [0, 0.05) is 5.56 Å². The Morgan fingerprint density at radius 2 is 1.74 bits per heavy atom. The van der Waals surface area contributed by atoms with Crippen LogP contribution in [0.5, 0.6) is 5.75 Å². The van der Waals surface area contributed by atoms with Crippen LogP contribution in [0.3, 0.4) is 0 Å². The Balaban J connectivity index is 1.57. The molecule has 2 aromatic carbocycles. The Bertz CT molecular complexity index is 846. The molecular formula is C24H32N3O4+. The fraction of sp³-hybridized carbons (Fsp3) is 0.417. The van der Waals surface area contributed by atoms with Crippen molar-refractivity contribution < 1.29 is 24.0 Å². The lowest BCUT2D eigenvalue weighted by Crippen LogP contribution is -3.14. The molecule has 7 heteroatoms. The van der Waals surface area contributed by atoms with E-state index in [1.165, 1.54) is 10.5 Å². The van der Waals surface area contributed by atoms with Gasteiger partial charge in [0.15, 0.2) is 0 Å². The van der Waals surface area contributed by atoms with Crippen molar-refractivity contribution in [2.75, 3.05) is 46.0 Å². The van der Waals surface area contributed by atoms with Gasteiger partial charge in [0.05, 0.1) is 26.4 Å². The van der Waals surface area contributed by atoms with E-state index in [4.69, 9.17) is 9.47 Å². The molecule has 0 bridgehead atoms. The summed E-state index contributed by atoms with van der Waals surface area (Å²) in [4.78, 5) is 26.4. The van der Waals surface area contributed by atoms with E-state index in [1.54, 1.807) is 24.3 Å². The average Bonchev–Trinajstić information content (AvgIpc) is 2.79. The summed E-state index contributed by atoms with van der Waals surface area (Å²) < 4.78 is 10.8. The topological polar surface area (TPSA) is 81.1 Å². The molecule has 1 aliphatic rings. The monoisotopic (exact) mass is 426 g/mol. The van der Waals surface area contributed by atoms with Crippen LogP contribution in [0.15, 0.2) is 48.5 Å². The molecule has 2 aromatic rings. The molecule has 0 unspecified atom stereocenters. The number of amides is 2. The third kappa shape index (κ3) is 7.08. The second-order valence-corrected chi connectivity index (χ2v) is 7.74. The van der Waals surface area contributed by atoms with Crippen molar-refractivity contribution in [3.63, 3.8) is 0 Å². The number of benzene rings is 2. The molecule has 0 spiro atoms. The van der Waals surface area contributed by atoms with Crippen molar-refractivity contribution in [1.82, 2.24) is 10.6 Å². The van der Waals surface area contributed by atoms with Gasteiger partial charge in [-0.25, -0.2) is 0 Å². The molecule has 7 nitrogen and oxygen atoms in total. The predicted molar refractivity (Wildman–Crippen MR) is 118 cm³/mol. The molecule has 0 aromatic heterocycles. The molecule has 3 rings (SSSR count). The van der Waals surface area contributed by atoms with Crippen molar-refractivity contribution in [3.8, 4) is 5.75 Å². The van der Waals surface area contributed by atoms with Crippen molar-refractivity contribution >= 4 is 11.8 Å². The number of nitrogens with one attached hydrogen (secondary N) is 3. The number of ether oxygens (including phenoxy) is 2. The minimum absolute atomic E-state index is 0.0765. The van der Waals surface area contributed by atoms with E-state index < -0.39 is 0 Å². The van der Waals surface area contributed by atoms with Crippen molar-refractivity contribution in [2.45, 2.75) is 19.9 Å². The fourth-order valence-corrected chi connectivity index (χ4v) is 3.58. The van der Waals surface area contributed by atoms with Crippen molar-refractivity contribution in [2.24, 2.45) is 0 Å². The maximum absolute atomic E-state index is 12.6. The summed E-state index contributed by atoms with van der Waals surface area (Å²) in [5.74, 6) is 0.213. The van der Waals surface area contributed by atoms with Gasteiger partial charge in [-0.3, -0.25) is 9.59 Å². The van der Waals surface area contributed by atoms with E-state index in [2.05, 4.69) is 34.9 Å². The minimum atomic E-state index is -0.288. The van der Waals surface area contributed by atoms with Crippen LogP contribution in [0.4, 0.5) is 0 Å². The summed E-state index contributed by atoms with van der Waals surface area (Å²) in [5, 5.41) is 5.80. The zero-order valence-corrected chi connectivity index (χ0v) is 18.3. The summed E-state index contributed by atoms with van der Waals surface area (Å²) >= 11 is 0. The summed E-state index contributed by atoms with van der Waals surface area (Å²) in [6, 6.07) is 15.0. The molecule has 1 heterocycles. The molecule has 2 amide bonds. The maximum Gasteiger partial charge on any atom is 0.251 e. The second kappa shape index (κ2) is 11.5. The normalized spacial score (nSPS) is 15.2. The van der Waals surface area contributed by atoms with E-state index in [0.717, 1.165) is 38.4 Å². The van der Waals surface area contributed by atoms with Gasteiger partial charge < -0.3 is 25.0 Å². The number of carbonyl (C=O) groups is 2. The first kappa shape index (κ1) is 22.8. The van der Waals surface area contributed by atoms with Gasteiger partial charge in [0.25, 0.3) is 5.91 Å². The van der Waals surface area contributed by atoms with E-state index in [1.807, 2.05) is 13.8 Å². The quantitative estimate of drug-likeness (QED) is 0.557. The van der Waals surface area contributed by atoms with Gasteiger partial charge in [0.2, 0.25) is 5.91 Å². The van der Waals surface area contributed by atoms with Gasteiger partial charge in [-0.2, -0.15) is 0 Å². The number of hydrogen-bond donors (Lipinski definition) is 3. The van der Waals surface area contributed by atoms with E-state index in [0.29, 0.717) is 17.9 Å². The highest BCUT2D eigenvalue weighted by Crippen LogP contribution is 2.13. The summed E-state index contributed by atoms with van der Waals surface area (Å²) in [6.45, 7) is 8.55. The number of aryl methyl sites for hydroxylation is 1. The van der Waals surface area contributed by atoms with Crippen LogP contribution in [0.25, 0.3) is 0 Å². The van der Waals surface area contributed by atoms with Gasteiger partial charge in [-0.1, -0.05) is 29.8 Å². The fourth-order valence-electron chi connectivity index (χ4n) is 3.58. The van der Waals surface area contributed by atoms with Crippen LogP contribution >= 0.6 is 0 Å². The number of rotatable bonds is 9.